The van der Waals surface area contributed by atoms with Gasteiger partial charge in [-0.05, 0) is 36.8 Å². The predicted octanol–water partition coefficient (Wildman–Crippen LogP) is 4.51. The van der Waals surface area contributed by atoms with Crippen molar-refractivity contribution < 1.29 is 22.6 Å². The number of ether oxygens (including phenoxy) is 2. The second-order valence-electron chi connectivity index (χ2n) is 7.13. The largest absolute Gasteiger partial charge is 0.573 e. The molecule has 0 radical (unpaired) electrons. The highest BCUT2D eigenvalue weighted by molar-refractivity contribution is 5.94. The Kier molecular flexibility index (Phi) is 6.04. The van der Waals surface area contributed by atoms with Crippen molar-refractivity contribution in [3.05, 3.63) is 65.5 Å². The third-order valence-corrected chi connectivity index (χ3v) is 4.92. The fourth-order valence-corrected chi connectivity index (χ4v) is 3.52. The Bertz CT molecular complexity index is 1240. The third kappa shape index (κ3) is 4.54. The second-order valence-corrected chi connectivity index (χ2v) is 7.13. The van der Waals surface area contributed by atoms with Crippen LogP contribution in [-0.2, 0) is 11.3 Å². The summed E-state index contributed by atoms with van der Waals surface area (Å²) < 4.78 is 50.1. The van der Waals surface area contributed by atoms with E-state index < -0.39 is 6.36 Å². The molecule has 0 aliphatic heterocycles. The first-order chi connectivity index (χ1) is 15.4. The lowest BCUT2D eigenvalue weighted by Crippen LogP contribution is -2.21. The van der Waals surface area contributed by atoms with Gasteiger partial charge in [-0.3, -0.25) is 14.5 Å². The predicted molar refractivity (Wildman–Crippen MR) is 113 cm³/mol. The maximum atomic E-state index is 13.4. The summed E-state index contributed by atoms with van der Waals surface area (Å²) >= 11 is 0. The molecule has 1 aromatic carbocycles. The molecule has 0 spiro atoms. The van der Waals surface area contributed by atoms with Crippen LogP contribution in [0.25, 0.3) is 27.7 Å². The van der Waals surface area contributed by atoms with Gasteiger partial charge in [-0.2, -0.15) is 5.10 Å². The zero-order chi connectivity index (χ0) is 22.7. The van der Waals surface area contributed by atoms with Crippen LogP contribution in [0.2, 0.25) is 0 Å². The van der Waals surface area contributed by atoms with Crippen LogP contribution in [0, 0.1) is 0 Å². The van der Waals surface area contributed by atoms with Gasteiger partial charge in [0.2, 0.25) is 0 Å². The van der Waals surface area contributed by atoms with Gasteiger partial charge in [0.25, 0.3) is 5.56 Å². The first kappa shape index (κ1) is 21.7. The highest BCUT2D eigenvalue weighted by atomic mass is 19.4. The number of nitrogens with zero attached hydrogens (tertiary/aromatic N) is 3. The van der Waals surface area contributed by atoms with Crippen LogP contribution in [0.3, 0.4) is 0 Å². The Labute approximate surface area is 181 Å². The van der Waals surface area contributed by atoms with Crippen LogP contribution in [0.15, 0.2) is 59.9 Å². The molecule has 0 aliphatic rings. The van der Waals surface area contributed by atoms with Crippen molar-refractivity contribution in [2.75, 3.05) is 13.2 Å². The van der Waals surface area contributed by atoms with Gasteiger partial charge in [0, 0.05) is 53.9 Å². The van der Waals surface area contributed by atoms with E-state index in [-0.39, 0.29) is 11.3 Å². The molecule has 0 bridgehead atoms. The zero-order valence-corrected chi connectivity index (χ0v) is 17.2. The molecule has 10 heteroatoms. The summed E-state index contributed by atoms with van der Waals surface area (Å²) in [6, 6.07) is 7.03. The fraction of sp³-hybridized carbons (Fsp3) is 0.273. The summed E-state index contributed by atoms with van der Waals surface area (Å²) in [7, 11) is 0. The monoisotopic (exact) mass is 446 g/mol. The first-order valence-corrected chi connectivity index (χ1v) is 10.0. The highest BCUT2D eigenvalue weighted by Gasteiger charge is 2.31. The number of alkyl halides is 3. The molecule has 0 saturated heterocycles. The molecule has 0 amide bonds. The summed E-state index contributed by atoms with van der Waals surface area (Å²) in [5, 5.41) is 7.50. The van der Waals surface area contributed by atoms with Crippen LogP contribution in [0.5, 0.6) is 5.75 Å². The number of aromatic nitrogens is 4. The summed E-state index contributed by atoms with van der Waals surface area (Å²) in [6.07, 6.45) is 2.96. The molecule has 3 aromatic heterocycles. The average Bonchev–Trinajstić information content (AvgIpc) is 3.42. The van der Waals surface area contributed by atoms with Crippen molar-refractivity contribution in [1.82, 2.24) is 19.3 Å². The van der Waals surface area contributed by atoms with E-state index in [2.05, 4.69) is 14.9 Å². The third-order valence-electron chi connectivity index (χ3n) is 4.92. The lowest BCUT2D eigenvalue weighted by Gasteiger charge is -2.13. The Morgan fingerprint density at radius 3 is 2.56 bits per heavy atom. The van der Waals surface area contributed by atoms with Crippen molar-refractivity contribution >= 4 is 10.9 Å². The van der Waals surface area contributed by atoms with E-state index in [0.29, 0.717) is 31.0 Å². The quantitative estimate of drug-likeness (QED) is 0.404. The molecule has 3 heterocycles. The average molecular weight is 446 g/mol. The van der Waals surface area contributed by atoms with Gasteiger partial charge < -0.3 is 14.0 Å². The van der Waals surface area contributed by atoms with Crippen molar-refractivity contribution in [2.45, 2.75) is 26.3 Å². The van der Waals surface area contributed by atoms with Crippen LogP contribution in [0.1, 0.15) is 13.3 Å². The molecule has 0 unspecified atom stereocenters. The summed E-state index contributed by atoms with van der Waals surface area (Å²) in [5.41, 5.74) is 2.13. The van der Waals surface area contributed by atoms with Crippen LogP contribution in [-0.4, -0.2) is 38.9 Å². The van der Waals surface area contributed by atoms with Crippen LogP contribution in [0.4, 0.5) is 13.2 Å². The smallest absolute Gasteiger partial charge is 0.406 e. The van der Waals surface area contributed by atoms with Gasteiger partial charge in [0.15, 0.2) is 0 Å². The van der Waals surface area contributed by atoms with Crippen molar-refractivity contribution in [1.29, 1.82) is 0 Å². The summed E-state index contributed by atoms with van der Waals surface area (Å²) in [6.45, 7) is 3.60. The molecule has 0 fully saturated rings. The minimum absolute atomic E-state index is 0.294. The van der Waals surface area contributed by atoms with E-state index in [9.17, 15) is 18.0 Å². The molecular weight excluding hydrogens is 425 g/mol. The van der Waals surface area contributed by atoms with Crippen LogP contribution >= 0.6 is 0 Å². The number of nitrogens with one attached hydrogen (secondary N) is 1. The maximum Gasteiger partial charge on any atom is 0.573 e. The number of H-pyrrole nitrogens is 1. The number of aromatic amines is 1. The van der Waals surface area contributed by atoms with Gasteiger partial charge in [-0.1, -0.05) is 6.92 Å². The molecule has 168 valence electrons. The van der Waals surface area contributed by atoms with Crippen LogP contribution < -0.4 is 10.3 Å². The van der Waals surface area contributed by atoms with E-state index in [1.54, 1.807) is 18.6 Å². The minimum Gasteiger partial charge on any atom is -0.406 e. The lowest BCUT2D eigenvalue weighted by molar-refractivity contribution is -0.274. The molecule has 0 saturated carbocycles. The van der Waals surface area contributed by atoms with E-state index in [0.717, 1.165) is 22.9 Å². The minimum atomic E-state index is -4.79. The molecule has 0 atom stereocenters. The highest BCUT2D eigenvalue weighted by Crippen LogP contribution is 2.29. The van der Waals surface area contributed by atoms with E-state index in [4.69, 9.17) is 4.74 Å². The number of fused-ring (bicyclic) bond motifs is 1. The van der Waals surface area contributed by atoms with Crippen molar-refractivity contribution in [3.8, 4) is 22.6 Å². The van der Waals surface area contributed by atoms with Crippen molar-refractivity contribution in [2.24, 2.45) is 0 Å². The fourth-order valence-electron chi connectivity index (χ4n) is 3.52. The Balaban J connectivity index is 1.80. The molecule has 7 nitrogen and oxygen atoms in total. The van der Waals surface area contributed by atoms with Gasteiger partial charge in [0.05, 0.1) is 12.8 Å². The zero-order valence-electron chi connectivity index (χ0n) is 17.2. The number of halogens is 3. The number of pyridine rings is 1. The summed E-state index contributed by atoms with van der Waals surface area (Å²) in [5.74, 6) is -0.359. The molecule has 32 heavy (non-hydrogen) atoms. The summed E-state index contributed by atoms with van der Waals surface area (Å²) in [4.78, 5) is 13.4. The number of hydrogen-bond donors (Lipinski definition) is 1. The SMILES string of the molecule is CCCOCCn1ccc2c(-c3cn[nH]c3)cn(-c3ccc(OC(F)(F)F)cc3)c(=O)c21. The lowest BCUT2D eigenvalue weighted by atomic mass is 10.1. The Morgan fingerprint density at radius 2 is 1.91 bits per heavy atom. The number of benzene rings is 1. The van der Waals surface area contributed by atoms with Gasteiger partial charge in [0.1, 0.15) is 11.3 Å². The second kappa shape index (κ2) is 8.91. The van der Waals surface area contributed by atoms with Crippen molar-refractivity contribution in [3.63, 3.8) is 0 Å². The topological polar surface area (TPSA) is 74.1 Å². The number of hydrogen-bond acceptors (Lipinski definition) is 4. The number of rotatable bonds is 8. The first-order valence-electron chi connectivity index (χ1n) is 10.0. The van der Waals surface area contributed by atoms with Gasteiger partial charge >= 0.3 is 6.36 Å². The normalized spacial score (nSPS) is 11.9. The van der Waals surface area contributed by atoms with E-state index in [1.807, 2.05) is 23.8 Å². The standard InChI is InChI=1S/C22H21F3N4O3/c1-2-10-31-11-9-28-8-7-18-19(15-12-26-27-13-15)14-29(21(30)20(18)28)16-3-5-17(6-4-16)32-22(23,24)25/h3-8,12-14H,2,9-11H2,1H3,(H,26,27). The van der Waals surface area contributed by atoms with Gasteiger partial charge in [-0.15, -0.1) is 13.2 Å². The van der Waals surface area contributed by atoms with E-state index >= 15 is 0 Å². The van der Waals surface area contributed by atoms with E-state index in [1.165, 1.54) is 28.8 Å². The molecular formula is C22H21F3N4O3. The maximum absolute atomic E-state index is 13.4. The molecule has 1 N–H and O–H groups in total. The molecule has 4 aromatic rings. The molecule has 4 rings (SSSR count). The Morgan fingerprint density at radius 1 is 1.12 bits per heavy atom. The van der Waals surface area contributed by atoms with Gasteiger partial charge in [-0.25, -0.2) is 0 Å². The Hall–Kier alpha value is -3.53. The molecule has 0 aliphatic carbocycles.